The number of imide groups is 1. The molecule has 0 saturated carbocycles. The van der Waals surface area contributed by atoms with Crippen molar-refractivity contribution in [1.82, 2.24) is 10.8 Å². The molecule has 0 aliphatic heterocycles. The second-order valence-electron chi connectivity index (χ2n) is 7.24. The van der Waals surface area contributed by atoms with Gasteiger partial charge in [-0.2, -0.15) is 0 Å². The van der Waals surface area contributed by atoms with Crippen LogP contribution in [0.5, 0.6) is 5.75 Å². The first-order valence-electron chi connectivity index (χ1n) is 11.1. The van der Waals surface area contributed by atoms with E-state index in [1.165, 1.54) is 11.6 Å². The van der Waals surface area contributed by atoms with E-state index < -0.39 is 30.1 Å². The van der Waals surface area contributed by atoms with Gasteiger partial charge in [-0.3, -0.25) is 20.1 Å². The fourth-order valence-corrected chi connectivity index (χ4v) is 3.20. The molecule has 10 nitrogen and oxygen atoms in total. The van der Waals surface area contributed by atoms with Crippen molar-refractivity contribution in [1.29, 1.82) is 0 Å². The number of nitrogens with one attached hydrogen (secondary N) is 2. The second kappa shape index (κ2) is 15.2. The summed E-state index contributed by atoms with van der Waals surface area (Å²) in [6.07, 6.45) is 1.06. The fourth-order valence-electron chi connectivity index (χ4n) is 3.20. The van der Waals surface area contributed by atoms with Crippen molar-refractivity contribution in [3.8, 4) is 5.75 Å². The van der Waals surface area contributed by atoms with Crippen molar-refractivity contribution in [2.75, 3.05) is 19.8 Å². The molecule has 2 aromatic carbocycles. The summed E-state index contributed by atoms with van der Waals surface area (Å²) in [6.45, 7) is 2.13. The number of allylic oxidation sites excluding steroid dienone is 1. The van der Waals surface area contributed by atoms with Crippen LogP contribution in [0.15, 0.2) is 66.7 Å². The van der Waals surface area contributed by atoms with Crippen LogP contribution in [0, 0.1) is 0 Å². The highest BCUT2D eigenvalue weighted by Crippen LogP contribution is 2.29. The Kier molecular flexibility index (Phi) is 12.0. The molecule has 2 rings (SSSR count). The Hall–Kier alpha value is -3.73. The molecular weight excluding hydrogens is 456 g/mol. The number of aliphatic hydroxyl groups is 1. The van der Waals surface area contributed by atoms with Crippen molar-refractivity contribution in [3.63, 3.8) is 0 Å². The molecule has 2 atom stereocenters. The maximum Gasteiger partial charge on any atom is 0.414 e. The zero-order valence-corrected chi connectivity index (χ0v) is 19.4. The second-order valence-corrected chi connectivity index (χ2v) is 7.24. The molecule has 0 spiro atoms. The summed E-state index contributed by atoms with van der Waals surface area (Å²) in [6, 6.07) is 15.0. The van der Waals surface area contributed by atoms with Gasteiger partial charge in [0, 0.05) is 18.2 Å². The predicted octanol–water partition coefficient (Wildman–Crippen LogP) is 2.91. The molecule has 0 unspecified atom stereocenters. The summed E-state index contributed by atoms with van der Waals surface area (Å²) in [5.41, 5.74) is 2.41. The minimum absolute atomic E-state index is 0.128. The van der Waals surface area contributed by atoms with Crippen molar-refractivity contribution in [2.24, 2.45) is 0 Å². The number of alkyl carbamates (subject to hydrolysis) is 1. The third-order valence-corrected chi connectivity index (χ3v) is 4.77. The van der Waals surface area contributed by atoms with Crippen LogP contribution in [0.3, 0.4) is 0 Å². The van der Waals surface area contributed by atoms with E-state index in [4.69, 9.17) is 24.5 Å². The molecule has 0 radical (unpaired) electrons. The van der Waals surface area contributed by atoms with Crippen LogP contribution in [0.4, 0.5) is 4.79 Å². The zero-order valence-electron chi connectivity index (χ0n) is 19.4. The lowest BCUT2D eigenvalue weighted by molar-refractivity contribution is -0.124. The Labute approximate surface area is 203 Å². The molecule has 0 saturated heterocycles. The number of rotatable bonds is 13. The Morgan fingerprint density at radius 1 is 1.06 bits per heavy atom. The van der Waals surface area contributed by atoms with Crippen molar-refractivity contribution < 1.29 is 38.9 Å². The van der Waals surface area contributed by atoms with E-state index >= 15 is 0 Å². The summed E-state index contributed by atoms with van der Waals surface area (Å²) in [5, 5.41) is 19.8. The highest BCUT2D eigenvalue weighted by molar-refractivity contribution is 6.02. The van der Waals surface area contributed by atoms with Crippen LogP contribution in [0.2, 0.25) is 0 Å². The number of hydrogen-bond donors (Lipinski definition) is 4. The van der Waals surface area contributed by atoms with E-state index in [1.54, 1.807) is 67.6 Å². The van der Waals surface area contributed by atoms with E-state index in [1.807, 2.05) is 0 Å². The van der Waals surface area contributed by atoms with Crippen molar-refractivity contribution >= 4 is 17.9 Å². The lowest BCUT2D eigenvalue weighted by Crippen LogP contribution is -2.35. The average Bonchev–Trinajstić information content (AvgIpc) is 2.88. The summed E-state index contributed by atoms with van der Waals surface area (Å²) < 4.78 is 16.9. The van der Waals surface area contributed by atoms with E-state index in [-0.39, 0.29) is 13.2 Å². The largest absolute Gasteiger partial charge is 0.491 e. The minimum Gasteiger partial charge on any atom is -0.491 e. The first-order valence-corrected chi connectivity index (χ1v) is 11.1. The maximum atomic E-state index is 12.6. The Morgan fingerprint density at radius 3 is 2.40 bits per heavy atom. The molecule has 0 heterocycles. The fraction of sp³-hybridized carbons (Fsp3) is 0.320. The first kappa shape index (κ1) is 27.5. The Bertz CT molecular complexity index is 963. The number of carbonyl (C=O) groups is 3. The number of ether oxygens (including phenoxy) is 3. The average molecular weight is 487 g/mol. The number of benzene rings is 2. The summed E-state index contributed by atoms with van der Waals surface area (Å²) in [7, 11) is 0. The molecule has 0 bridgehead atoms. The van der Waals surface area contributed by atoms with E-state index in [0.29, 0.717) is 36.3 Å². The third-order valence-electron chi connectivity index (χ3n) is 4.77. The van der Waals surface area contributed by atoms with Crippen molar-refractivity contribution in [2.45, 2.75) is 32.0 Å². The Morgan fingerprint density at radius 2 is 1.77 bits per heavy atom. The van der Waals surface area contributed by atoms with Gasteiger partial charge in [-0.15, -0.1) is 0 Å². The van der Waals surface area contributed by atoms with E-state index in [9.17, 15) is 14.4 Å². The molecule has 2 aromatic rings. The van der Waals surface area contributed by atoms with Gasteiger partial charge >= 0.3 is 6.09 Å². The van der Waals surface area contributed by atoms with Gasteiger partial charge in [0.15, 0.2) is 6.10 Å². The molecule has 4 N–H and O–H groups in total. The van der Waals surface area contributed by atoms with Gasteiger partial charge in [0.1, 0.15) is 12.4 Å². The number of aliphatic hydroxyl groups excluding tert-OH is 1. The van der Waals surface area contributed by atoms with Crippen LogP contribution in [0.1, 0.15) is 41.8 Å². The standard InChI is InChI=1S/C25H30N2O8/c1-2-33-21(10-6-7-11-22(29)27-32)23(18-12-14-20(15-13-18)34-17-16-28)35-25(31)26-24(30)19-8-4-3-5-9-19/h3-5,7-9,11-15,21,23,28,32H,2,6,10,16-17H2,1H3,(H,27,29)(H,26,30,31)/b11-7+/t21-,23-/m1/s1. The van der Waals surface area contributed by atoms with Gasteiger partial charge in [-0.1, -0.05) is 36.4 Å². The molecule has 0 aliphatic rings. The van der Waals surface area contributed by atoms with Crippen LogP contribution in [-0.4, -0.2) is 54.1 Å². The van der Waals surface area contributed by atoms with Crippen LogP contribution >= 0.6 is 0 Å². The van der Waals surface area contributed by atoms with Gasteiger partial charge in [0.2, 0.25) is 0 Å². The molecule has 188 valence electrons. The Balaban J connectivity index is 2.20. The first-order chi connectivity index (χ1) is 17.0. The quantitative estimate of drug-likeness (QED) is 0.192. The highest BCUT2D eigenvalue weighted by atomic mass is 16.6. The zero-order chi connectivity index (χ0) is 25.5. The maximum absolute atomic E-state index is 12.6. The molecule has 0 fully saturated rings. The van der Waals surface area contributed by atoms with Gasteiger partial charge in [-0.25, -0.2) is 10.3 Å². The minimum atomic E-state index is -0.940. The number of carbonyl (C=O) groups excluding carboxylic acids is 3. The lowest BCUT2D eigenvalue weighted by Gasteiger charge is -2.27. The highest BCUT2D eigenvalue weighted by Gasteiger charge is 2.28. The van der Waals surface area contributed by atoms with Crippen LogP contribution in [-0.2, 0) is 14.3 Å². The molecule has 35 heavy (non-hydrogen) atoms. The topological polar surface area (TPSA) is 143 Å². The lowest BCUT2D eigenvalue weighted by atomic mass is 10.00. The summed E-state index contributed by atoms with van der Waals surface area (Å²) in [4.78, 5) is 36.2. The van der Waals surface area contributed by atoms with E-state index in [2.05, 4.69) is 5.32 Å². The molecule has 0 aromatic heterocycles. The molecular formula is C25H30N2O8. The summed E-state index contributed by atoms with van der Waals surface area (Å²) in [5.74, 6) is -0.743. The van der Waals surface area contributed by atoms with Crippen LogP contribution < -0.4 is 15.5 Å². The predicted molar refractivity (Wildman–Crippen MR) is 126 cm³/mol. The van der Waals surface area contributed by atoms with Gasteiger partial charge in [0.25, 0.3) is 11.8 Å². The van der Waals surface area contributed by atoms with Crippen LogP contribution in [0.25, 0.3) is 0 Å². The van der Waals surface area contributed by atoms with E-state index in [0.717, 1.165) is 0 Å². The normalized spacial score (nSPS) is 12.5. The number of hydrogen-bond acceptors (Lipinski definition) is 8. The summed E-state index contributed by atoms with van der Waals surface area (Å²) >= 11 is 0. The molecule has 3 amide bonds. The SMILES string of the molecule is CCO[C@H](CC/C=C/C(=O)NO)[C@H](OC(=O)NC(=O)c1ccccc1)c1ccc(OCCO)cc1. The molecule has 10 heteroatoms. The number of amides is 3. The van der Waals surface area contributed by atoms with Gasteiger partial charge < -0.3 is 19.3 Å². The smallest absolute Gasteiger partial charge is 0.414 e. The van der Waals surface area contributed by atoms with Gasteiger partial charge in [0.05, 0.1) is 12.7 Å². The van der Waals surface area contributed by atoms with Crippen molar-refractivity contribution in [3.05, 3.63) is 77.9 Å². The number of hydroxylamine groups is 1. The molecule has 0 aliphatic carbocycles. The monoisotopic (exact) mass is 486 g/mol. The van der Waals surface area contributed by atoms with Gasteiger partial charge in [-0.05, 0) is 49.6 Å². The third kappa shape index (κ3) is 9.57.